The number of hydrogen-bond acceptors (Lipinski definition) is 0. The minimum Gasteiger partial charge on any atom is -0.0845 e. The van der Waals surface area contributed by atoms with Crippen LogP contribution in [0.1, 0.15) is 51.4 Å². The summed E-state index contributed by atoms with van der Waals surface area (Å²) in [5, 5.41) is 0. The van der Waals surface area contributed by atoms with Gasteiger partial charge in [-0.25, -0.2) is 0 Å². The van der Waals surface area contributed by atoms with Gasteiger partial charge in [0.1, 0.15) is 0 Å². The summed E-state index contributed by atoms with van der Waals surface area (Å²) < 4.78 is 0. The highest BCUT2D eigenvalue weighted by molar-refractivity contribution is 5.21. The van der Waals surface area contributed by atoms with Gasteiger partial charge in [0.15, 0.2) is 0 Å². The Morgan fingerprint density at radius 1 is 0.231 bits per heavy atom. The third kappa shape index (κ3) is 16.5. The van der Waals surface area contributed by atoms with Gasteiger partial charge in [0.05, 0.1) is 0 Å². The standard InChI is InChI=1S/C26H34/c1-2-4-6-8-10-12-14-16-18-20-22-24-26-25-23-21-19-17-15-13-11-9-7-5-3-1/h1-18H,19-26H2. The molecular weight excluding hydrogens is 312 g/mol. The van der Waals surface area contributed by atoms with Gasteiger partial charge < -0.3 is 0 Å². The lowest BCUT2D eigenvalue weighted by Gasteiger charge is -1.99. The summed E-state index contributed by atoms with van der Waals surface area (Å²) in [7, 11) is 0. The zero-order valence-corrected chi connectivity index (χ0v) is 16.0. The molecule has 0 saturated heterocycles. The van der Waals surface area contributed by atoms with E-state index < -0.39 is 0 Å². The van der Waals surface area contributed by atoms with Gasteiger partial charge in [-0.15, -0.1) is 0 Å². The Hall–Kier alpha value is -2.34. The minimum atomic E-state index is 1.19. The highest BCUT2D eigenvalue weighted by Gasteiger charge is 1.89. The first-order valence-corrected chi connectivity index (χ1v) is 9.98. The van der Waals surface area contributed by atoms with Gasteiger partial charge in [0.25, 0.3) is 0 Å². The predicted molar refractivity (Wildman–Crippen MR) is 119 cm³/mol. The van der Waals surface area contributed by atoms with E-state index in [-0.39, 0.29) is 0 Å². The predicted octanol–water partition coefficient (Wildman–Crippen LogP) is 8.13. The van der Waals surface area contributed by atoms with Crippen LogP contribution in [0.5, 0.6) is 0 Å². The maximum absolute atomic E-state index is 2.27. The first kappa shape index (κ1) is 21.7. The zero-order valence-electron chi connectivity index (χ0n) is 16.0. The number of rotatable bonds is 0. The molecule has 26 heavy (non-hydrogen) atoms. The van der Waals surface area contributed by atoms with Crippen molar-refractivity contribution in [3.63, 3.8) is 0 Å². The van der Waals surface area contributed by atoms with Crippen LogP contribution in [-0.4, -0.2) is 0 Å². The highest BCUT2D eigenvalue weighted by Crippen LogP contribution is 2.09. The van der Waals surface area contributed by atoms with E-state index in [1.54, 1.807) is 0 Å². The summed E-state index contributed by atoms with van der Waals surface area (Å²) in [6, 6.07) is 0. The molecule has 0 nitrogen and oxygen atoms in total. The van der Waals surface area contributed by atoms with E-state index in [1.807, 2.05) is 48.6 Å². The second kappa shape index (κ2) is 19.0. The molecule has 0 heteroatoms. The van der Waals surface area contributed by atoms with Crippen molar-refractivity contribution < 1.29 is 0 Å². The third-order valence-electron chi connectivity index (χ3n) is 3.93. The molecule has 1 aliphatic carbocycles. The van der Waals surface area contributed by atoms with Crippen molar-refractivity contribution >= 4 is 0 Å². The van der Waals surface area contributed by atoms with E-state index in [4.69, 9.17) is 0 Å². The second-order valence-corrected chi connectivity index (χ2v) is 6.25. The van der Waals surface area contributed by atoms with Gasteiger partial charge in [-0.05, 0) is 25.7 Å². The molecule has 1 aliphatic rings. The minimum absolute atomic E-state index is 1.19. The fourth-order valence-corrected chi connectivity index (χ4v) is 2.48. The van der Waals surface area contributed by atoms with E-state index >= 15 is 0 Å². The van der Waals surface area contributed by atoms with Gasteiger partial charge >= 0.3 is 0 Å². The maximum Gasteiger partial charge on any atom is -0.0348 e. The number of hydrogen-bond donors (Lipinski definition) is 0. The van der Waals surface area contributed by atoms with Crippen LogP contribution in [0.15, 0.2) is 109 Å². The fraction of sp³-hybridized carbons (Fsp3) is 0.308. The van der Waals surface area contributed by atoms with E-state index in [9.17, 15) is 0 Å². The average Bonchev–Trinajstić information content (AvgIpc) is 2.65. The SMILES string of the molecule is C1=CC=CC=CC=CC=CCCCCCCCCC=CC=CC=CC=C1. The van der Waals surface area contributed by atoms with Gasteiger partial charge in [-0.3, -0.25) is 0 Å². The Labute approximate surface area is 161 Å². The molecule has 0 fully saturated rings. The molecule has 138 valence electrons. The normalized spacial score (nSPS) is 18.5. The maximum atomic E-state index is 2.27. The van der Waals surface area contributed by atoms with Crippen LogP contribution in [-0.2, 0) is 0 Å². The lowest BCUT2D eigenvalue weighted by Crippen LogP contribution is -1.79. The van der Waals surface area contributed by atoms with Crippen LogP contribution in [0.3, 0.4) is 0 Å². The van der Waals surface area contributed by atoms with Gasteiger partial charge in [-0.1, -0.05) is 135 Å². The summed E-state index contributed by atoms with van der Waals surface area (Å²) in [5.41, 5.74) is 0. The summed E-state index contributed by atoms with van der Waals surface area (Å²) in [6.07, 6.45) is 48.0. The van der Waals surface area contributed by atoms with Crippen LogP contribution in [0.4, 0.5) is 0 Å². The molecule has 0 atom stereocenters. The summed E-state index contributed by atoms with van der Waals surface area (Å²) >= 11 is 0. The molecule has 0 aliphatic heterocycles. The first-order chi connectivity index (χ1) is 13.0. The lowest BCUT2D eigenvalue weighted by atomic mass is 10.1. The fourth-order valence-electron chi connectivity index (χ4n) is 2.48. The summed E-state index contributed by atoms with van der Waals surface area (Å²) in [6.45, 7) is 0. The Morgan fingerprint density at radius 3 is 0.769 bits per heavy atom. The molecule has 0 aromatic rings. The highest BCUT2D eigenvalue weighted by atomic mass is 14.0. The zero-order chi connectivity index (χ0) is 18.4. The Kier molecular flexibility index (Phi) is 15.9. The van der Waals surface area contributed by atoms with E-state index in [2.05, 4.69) is 60.8 Å². The van der Waals surface area contributed by atoms with E-state index in [0.717, 1.165) is 0 Å². The quantitative estimate of drug-likeness (QED) is 0.415. The summed E-state index contributed by atoms with van der Waals surface area (Å²) in [5.74, 6) is 0. The summed E-state index contributed by atoms with van der Waals surface area (Å²) in [4.78, 5) is 0. The van der Waals surface area contributed by atoms with Crippen molar-refractivity contribution in [3.05, 3.63) is 109 Å². The van der Waals surface area contributed by atoms with Crippen molar-refractivity contribution in [1.29, 1.82) is 0 Å². The third-order valence-corrected chi connectivity index (χ3v) is 3.93. The molecule has 0 heterocycles. The Morgan fingerprint density at radius 2 is 0.462 bits per heavy atom. The molecule has 0 unspecified atom stereocenters. The Bertz CT molecular complexity index is 519. The molecule has 1 rings (SSSR count). The monoisotopic (exact) mass is 346 g/mol. The molecule has 0 bridgehead atoms. The smallest absolute Gasteiger partial charge is 0.0348 e. The lowest BCUT2D eigenvalue weighted by molar-refractivity contribution is 0.600. The average molecular weight is 347 g/mol. The Balaban J connectivity index is 2.44. The number of allylic oxidation sites excluding steroid dienone is 18. The molecule has 0 amide bonds. The molecule has 0 saturated carbocycles. The molecular formula is C26H34. The van der Waals surface area contributed by atoms with Crippen molar-refractivity contribution in [3.8, 4) is 0 Å². The second-order valence-electron chi connectivity index (χ2n) is 6.25. The van der Waals surface area contributed by atoms with Gasteiger partial charge in [0, 0.05) is 0 Å². The molecule has 0 aromatic carbocycles. The van der Waals surface area contributed by atoms with Crippen molar-refractivity contribution in [2.45, 2.75) is 51.4 Å². The van der Waals surface area contributed by atoms with Gasteiger partial charge in [0.2, 0.25) is 0 Å². The van der Waals surface area contributed by atoms with Crippen LogP contribution < -0.4 is 0 Å². The van der Waals surface area contributed by atoms with E-state index in [0.29, 0.717) is 0 Å². The molecule has 0 N–H and O–H groups in total. The first-order valence-electron chi connectivity index (χ1n) is 9.98. The van der Waals surface area contributed by atoms with Crippen molar-refractivity contribution in [2.75, 3.05) is 0 Å². The van der Waals surface area contributed by atoms with E-state index in [1.165, 1.54) is 51.4 Å². The topological polar surface area (TPSA) is 0 Å². The van der Waals surface area contributed by atoms with Crippen LogP contribution in [0.25, 0.3) is 0 Å². The van der Waals surface area contributed by atoms with Crippen LogP contribution in [0, 0.1) is 0 Å². The molecule has 0 spiro atoms. The van der Waals surface area contributed by atoms with Crippen molar-refractivity contribution in [1.82, 2.24) is 0 Å². The molecule has 0 aromatic heterocycles. The van der Waals surface area contributed by atoms with Crippen LogP contribution >= 0.6 is 0 Å². The van der Waals surface area contributed by atoms with Gasteiger partial charge in [-0.2, -0.15) is 0 Å². The van der Waals surface area contributed by atoms with Crippen LogP contribution in [0.2, 0.25) is 0 Å². The largest absolute Gasteiger partial charge is 0.0845 e. The van der Waals surface area contributed by atoms with Crippen molar-refractivity contribution in [2.24, 2.45) is 0 Å². The molecule has 0 radical (unpaired) electrons.